The molecule has 0 saturated carbocycles. The molecule has 6 heteroatoms. The van der Waals surface area contributed by atoms with Crippen molar-refractivity contribution >= 4 is 5.91 Å². The Morgan fingerprint density at radius 1 is 1.64 bits per heavy atom. The average Bonchev–Trinajstić information content (AvgIpc) is 2.61. The lowest BCUT2D eigenvalue weighted by Gasteiger charge is -2.11. The van der Waals surface area contributed by atoms with Crippen molar-refractivity contribution in [2.75, 3.05) is 13.2 Å². The predicted octanol–water partition coefficient (Wildman–Crippen LogP) is -1.50. The minimum atomic E-state index is -0.635. The van der Waals surface area contributed by atoms with Crippen LogP contribution in [-0.4, -0.2) is 44.9 Å². The van der Waals surface area contributed by atoms with E-state index in [1.165, 1.54) is 6.33 Å². The van der Waals surface area contributed by atoms with Crippen LogP contribution in [0.1, 0.15) is 10.5 Å². The maximum absolute atomic E-state index is 11.4. The largest absolute Gasteiger partial charge is 0.394 e. The van der Waals surface area contributed by atoms with Gasteiger partial charge in [-0.3, -0.25) is 4.79 Å². The highest BCUT2D eigenvalue weighted by atomic mass is 16.3. The van der Waals surface area contributed by atoms with Gasteiger partial charge in [-0.2, -0.15) is 0 Å². The van der Waals surface area contributed by atoms with Gasteiger partial charge in [0, 0.05) is 13.2 Å². The maximum Gasteiger partial charge on any atom is 0.271 e. The number of carbonyl (C=O) groups excluding carboxylic acids is 1. The molecular weight excluding hydrogens is 186 g/mol. The Kier molecular flexibility index (Phi) is 3.61. The summed E-state index contributed by atoms with van der Waals surface area (Å²) < 4.78 is 1.64. The first-order valence-corrected chi connectivity index (χ1v) is 4.18. The van der Waals surface area contributed by atoms with Gasteiger partial charge in [-0.1, -0.05) is 0 Å². The number of nitrogens with one attached hydrogen (secondary N) is 1. The van der Waals surface area contributed by atoms with Crippen LogP contribution < -0.4 is 5.32 Å². The van der Waals surface area contributed by atoms with Crippen LogP contribution in [0.3, 0.4) is 0 Å². The van der Waals surface area contributed by atoms with Crippen LogP contribution in [0.2, 0.25) is 0 Å². The van der Waals surface area contributed by atoms with E-state index in [-0.39, 0.29) is 18.9 Å². The SMILES string of the molecule is Cn1cnc(C(=O)NC(CO)CO)c1. The van der Waals surface area contributed by atoms with Crippen molar-refractivity contribution in [1.82, 2.24) is 14.9 Å². The van der Waals surface area contributed by atoms with E-state index < -0.39 is 11.9 Å². The lowest BCUT2D eigenvalue weighted by atomic mass is 10.3. The average molecular weight is 199 g/mol. The summed E-state index contributed by atoms with van der Waals surface area (Å²) in [5.74, 6) is -0.404. The molecule has 0 saturated heterocycles. The van der Waals surface area contributed by atoms with Gasteiger partial charge >= 0.3 is 0 Å². The summed E-state index contributed by atoms with van der Waals surface area (Å²) in [4.78, 5) is 15.2. The fraction of sp³-hybridized carbons (Fsp3) is 0.500. The monoisotopic (exact) mass is 199 g/mol. The number of hydrogen-bond donors (Lipinski definition) is 3. The Bertz CT molecular complexity index is 307. The van der Waals surface area contributed by atoms with Crippen molar-refractivity contribution in [2.24, 2.45) is 7.05 Å². The van der Waals surface area contributed by atoms with Crippen molar-refractivity contribution < 1.29 is 15.0 Å². The van der Waals surface area contributed by atoms with Gasteiger partial charge in [0.25, 0.3) is 5.91 Å². The number of imidazole rings is 1. The third-order valence-corrected chi connectivity index (χ3v) is 1.71. The minimum absolute atomic E-state index is 0.263. The van der Waals surface area contributed by atoms with E-state index in [0.717, 1.165) is 0 Å². The standard InChI is InChI=1S/C8H13N3O3/c1-11-2-7(9-5-11)8(14)10-6(3-12)4-13/h2,5-6,12-13H,3-4H2,1H3,(H,10,14). The summed E-state index contributed by atoms with van der Waals surface area (Å²) in [6.07, 6.45) is 3.06. The molecule has 1 amide bonds. The van der Waals surface area contributed by atoms with Gasteiger partial charge < -0.3 is 20.1 Å². The summed E-state index contributed by atoms with van der Waals surface area (Å²) in [7, 11) is 1.75. The van der Waals surface area contributed by atoms with Crippen molar-refractivity contribution in [3.05, 3.63) is 18.2 Å². The third-order valence-electron chi connectivity index (χ3n) is 1.71. The van der Waals surface area contributed by atoms with Crippen LogP contribution in [-0.2, 0) is 7.05 Å². The van der Waals surface area contributed by atoms with E-state index in [4.69, 9.17) is 10.2 Å². The highest BCUT2D eigenvalue weighted by Gasteiger charge is 2.13. The molecule has 1 heterocycles. The van der Waals surface area contributed by atoms with Gasteiger partial charge in [0.1, 0.15) is 5.69 Å². The van der Waals surface area contributed by atoms with Gasteiger partial charge in [0.05, 0.1) is 25.6 Å². The first-order valence-electron chi connectivity index (χ1n) is 4.18. The van der Waals surface area contributed by atoms with Crippen LogP contribution in [0.15, 0.2) is 12.5 Å². The molecule has 3 N–H and O–H groups in total. The number of rotatable bonds is 4. The Labute approximate surface area is 81.2 Å². The zero-order valence-corrected chi connectivity index (χ0v) is 7.84. The Morgan fingerprint density at radius 2 is 2.29 bits per heavy atom. The van der Waals surface area contributed by atoms with E-state index in [2.05, 4.69) is 10.3 Å². The van der Waals surface area contributed by atoms with Gasteiger partial charge in [-0.15, -0.1) is 0 Å². The first-order chi connectivity index (χ1) is 6.67. The van der Waals surface area contributed by atoms with Crippen LogP contribution in [0.4, 0.5) is 0 Å². The topological polar surface area (TPSA) is 87.4 Å². The zero-order chi connectivity index (χ0) is 10.6. The number of aromatic nitrogens is 2. The number of aryl methyl sites for hydroxylation is 1. The van der Waals surface area contributed by atoms with Gasteiger partial charge in [-0.05, 0) is 0 Å². The summed E-state index contributed by atoms with van der Waals surface area (Å²) in [5, 5.41) is 19.9. The highest BCUT2D eigenvalue weighted by Crippen LogP contribution is 1.94. The molecule has 0 aliphatic heterocycles. The molecule has 1 aromatic heterocycles. The van der Waals surface area contributed by atoms with E-state index in [9.17, 15) is 4.79 Å². The Morgan fingerprint density at radius 3 is 2.71 bits per heavy atom. The van der Waals surface area contributed by atoms with Gasteiger partial charge in [0.2, 0.25) is 0 Å². The molecule has 0 aliphatic carbocycles. The fourth-order valence-corrected chi connectivity index (χ4v) is 0.938. The van der Waals surface area contributed by atoms with Crippen molar-refractivity contribution in [3.63, 3.8) is 0 Å². The summed E-state index contributed by atoms with van der Waals surface area (Å²) in [5.41, 5.74) is 0.263. The number of aliphatic hydroxyl groups excluding tert-OH is 2. The molecule has 0 aromatic carbocycles. The minimum Gasteiger partial charge on any atom is -0.394 e. The molecule has 6 nitrogen and oxygen atoms in total. The van der Waals surface area contributed by atoms with Crippen molar-refractivity contribution in [3.8, 4) is 0 Å². The maximum atomic E-state index is 11.4. The molecule has 0 unspecified atom stereocenters. The Hall–Kier alpha value is -1.40. The second-order valence-corrected chi connectivity index (χ2v) is 2.96. The van der Waals surface area contributed by atoms with Crippen LogP contribution in [0.5, 0.6) is 0 Å². The normalized spacial score (nSPS) is 10.6. The molecule has 0 fully saturated rings. The van der Waals surface area contributed by atoms with E-state index in [0.29, 0.717) is 0 Å². The summed E-state index contributed by atoms with van der Waals surface area (Å²) in [6, 6.07) is -0.635. The fourth-order valence-electron chi connectivity index (χ4n) is 0.938. The number of aliphatic hydroxyl groups is 2. The molecule has 1 aromatic rings. The van der Waals surface area contributed by atoms with E-state index >= 15 is 0 Å². The molecule has 78 valence electrons. The van der Waals surface area contributed by atoms with E-state index in [1.807, 2.05) is 0 Å². The molecule has 0 spiro atoms. The van der Waals surface area contributed by atoms with Crippen molar-refractivity contribution in [1.29, 1.82) is 0 Å². The van der Waals surface area contributed by atoms with Crippen molar-refractivity contribution in [2.45, 2.75) is 6.04 Å². The molecule has 1 rings (SSSR count). The number of nitrogens with zero attached hydrogens (tertiary/aromatic N) is 2. The van der Waals surface area contributed by atoms with Crippen LogP contribution in [0.25, 0.3) is 0 Å². The van der Waals surface area contributed by atoms with E-state index in [1.54, 1.807) is 17.8 Å². The number of hydrogen-bond acceptors (Lipinski definition) is 4. The molecule has 14 heavy (non-hydrogen) atoms. The lowest BCUT2D eigenvalue weighted by molar-refractivity contribution is 0.0875. The van der Waals surface area contributed by atoms with Gasteiger partial charge in [-0.25, -0.2) is 4.98 Å². The number of carbonyl (C=O) groups is 1. The quantitative estimate of drug-likeness (QED) is 0.551. The smallest absolute Gasteiger partial charge is 0.271 e. The number of amides is 1. The Balaban J connectivity index is 2.58. The van der Waals surface area contributed by atoms with Crippen LogP contribution in [0, 0.1) is 0 Å². The third kappa shape index (κ3) is 2.54. The second-order valence-electron chi connectivity index (χ2n) is 2.96. The molecular formula is C8H13N3O3. The predicted molar refractivity (Wildman–Crippen MR) is 48.6 cm³/mol. The van der Waals surface area contributed by atoms with Crippen LogP contribution >= 0.6 is 0 Å². The summed E-state index contributed by atoms with van der Waals surface area (Å²) in [6.45, 7) is -0.593. The molecule has 0 radical (unpaired) electrons. The summed E-state index contributed by atoms with van der Waals surface area (Å²) >= 11 is 0. The molecule has 0 aliphatic rings. The van der Waals surface area contributed by atoms with Gasteiger partial charge in [0.15, 0.2) is 0 Å². The second kappa shape index (κ2) is 4.73. The molecule has 0 atom stereocenters. The molecule has 0 bridgehead atoms. The first kappa shape index (κ1) is 10.7. The highest BCUT2D eigenvalue weighted by molar-refractivity contribution is 5.92. The zero-order valence-electron chi connectivity index (χ0n) is 7.84. The lowest BCUT2D eigenvalue weighted by Crippen LogP contribution is -2.40.